The summed E-state index contributed by atoms with van der Waals surface area (Å²) in [5, 5.41) is 0.376. The lowest BCUT2D eigenvalue weighted by atomic mass is 9.97. The Balaban J connectivity index is 1.51. The molecule has 2 aliphatic heterocycles. The Hall–Kier alpha value is -3.01. The van der Waals surface area contributed by atoms with Gasteiger partial charge < -0.3 is 24.0 Å². The lowest BCUT2D eigenvalue weighted by molar-refractivity contribution is -0.107. The highest BCUT2D eigenvalue weighted by Gasteiger charge is 2.36. The van der Waals surface area contributed by atoms with Gasteiger partial charge in [-0.25, -0.2) is 0 Å². The van der Waals surface area contributed by atoms with Crippen LogP contribution in [0.25, 0.3) is 0 Å². The highest BCUT2D eigenvalue weighted by Crippen LogP contribution is 2.42. The molecule has 0 spiro atoms. The van der Waals surface area contributed by atoms with E-state index in [0.717, 1.165) is 54.0 Å². The quantitative estimate of drug-likeness (QED) is 0.162. The van der Waals surface area contributed by atoms with Gasteiger partial charge in [0.15, 0.2) is 11.5 Å². The van der Waals surface area contributed by atoms with Crippen LogP contribution < -0.4 is 19.1 Å². The van der Waals surface area contributed by atoms with E-state index in [1.807, 2.05) is 24.3 Å². The Morgan fingerprint density at radius 2 is 1.80 bits per heavy atom. The van der Waals surface area contributed by atoms with Crippen molar-refractivity contribution in [3.05, 3.63) is 69.8 Å². The molecule has 2 aromatic rings. The van der Waals surface area contributed by atoms with E-state index in [0.29, 0.717) is 53.7 Å². The second kappa shape index (κ2) is 16.5. The van der Waals surface area contributed by atoms with Crippen LogP contribution in [-0.2, 0) is 11.2 Å². The van der Waals surface area contributed by atoms with Gasteiger partial charge in [-0.3, -0.25) is 14.7 Å². The fourth-order valence-electron chi connectivity index (χ4n) is 5.79. The second-order valence-corrected chi connectivity index (χ2v) is 13.6. The zero-order valence-corrected chi connectivity index (χ0v) is 29.6. The lowest BCUT2D eigenvalue weighted by Gasteiger charge is -2.32. The number of nitrogens with zero attached hydrogens (tertiary/aromatic N) is 4. The molecule has 2 unspecified atom stereocenters. The fourth-order valence-corrected chi connectivity index (χ4v) is 6.52. The molecule has 0 bridgehead atoms. The summed E-state index contributed by atoms with van der Waals surface area (Å²) in [7, 11) is 3.31. The van der Waals surface area contributed by atoms with Gasteiger partial charge in [-0.2, -0.15) is 0 Å². The first-order valence-corrected chi connectivity index (χ1v) is 16.8. The predicted octanol–water partition coefficient (Wildman–Crippen LogP) is 7.24. The van der Waals surface area contributed by atoms with E-state index in [2.05, 4.69) is 77.8 Å². The van der Waals surface area contributed by atoms with Gasteiger partial charge in [-0.05, 0) is 72.7 Å². The van der Waals surface area contributed by atoms with Gasteiger partial charge in [0.2, 0.25) is 6.41 Å². The molecule has 2 heterocycles. The summed E-state index contributed by atoms with van der Waals surface area (Å²) in [5.41, 5.74) is 1.76. The number of aliphatic imine (C=N–C) groups is 1. The van der Waals surface area contributed by atoms with Crippen molar-refractivity contribution < 1.29 is 19.0 Å². The third-order valence-corrected chi connectivity index (χ3v) is 8.86. The number of ether oxygens (including phenoxy) is 3. The first-order valence-electron chi connectivity index (χ1n) is 15.6. The number of hydrogen-bond donors (Lipinski definition) is 0. The van der Waals surface area contributed by atoms with E-state index in [-0.39, 0.29) is 12.1 Å². The number of allylic oxidation sites excluding steroid dienone is 2. The number of rotatable bonds is 17. The SMILES string of the molecule is COc1ccc(Br)cc1CC1C(CN(CCOc2c(OC)ccc(N(C=O)CCC(C)C)c2Cl)CC(C)C)N=C2C=CC=CN21. The molecule has 1 amide bonds. The summed E-state index contributed by atoms with van der Waals surface area (Å²) >= 11 is 10.5. The third-order valence-electron chi connectivity index (χ3n) is 8.01. The van der Waals surface area contributed by atoms with Gasteiger partial charge >= 0.3 is 0 Å². The number of halogens is 2. The molecule has 0 aliphatic carbocycles. The standard InChI is InChI=1S/C35H46BrClN4O4/c1-24(2)14-16-40(23-42)29-11-13-32(44-6)35(34(29)37)45-18-17-39(21-25(3)4)22-28-30(41-15-8-7-9-33(41)38-28)20-26-19-27(36)10-12-31(26)43-5/h7-13,15,19,23-25,28,30H,14,16-18,20-22H2,1-6H3. The number of methoxy groups -OCH3 is 2. The molecule has 4 rings (SSSR count). The topological polar surface area (TPSA) is 66.8 Å². The summed E-state index contributed by atoms with van der Waals surface area (Å²) in [5.74, 6) is 3.75. The number of amides is 1. The minimum atomic E-state index is 0.0402. The van der Waals surface area contributed by atoms with Crippen molar-refractivity contribution >= 4 is 45.5 Å². The Morgan fingerprint density at radius 3 is 2.49 bits per heavy atom. The van der Waals surface area contributed by atoms with Crippen LogP contribution in [0.2, 0.25) is 5.02 Å². The van der Waals surface area contributed by atoms with E-state index >= 15 is 0 Å². The van der Waals surface area contributed by atoms with Gasteiger partial charge in [0.25, 0.3) is 0 Å². The summed E-state index contributed by atoms with van der Waals surface area (Å²) in [6.45, 7) is 12.0. The molecule has 2 aromatic carbocycles. The summed E-state index contributed by atoms with van der Waals surface area (Å²) in [6, 6.07) is 9.93. The molecule has 45 heavy (non-hydrogen) atoms. The predicted molar refractivity (Wildman–Crippen MR) is 187 cm³/mol. The number of benzene rings is 2. The molecule has 2 aliphatic rings. The van der Waals surface area contributed by atoms with Crippen LogP contribution in [0.5, 0.6) is 17.2 Å². The maximum absolute atomic E-state index is 12.0. The molecule has 10 heteroatoms. The van der Waals surface area contributed by atoms with Crippen LogP contribution in [-0.4, -0.2) is 81.1 Å². The molecular weight excluding hydrogens is 656 g/mol. The summed E-state index contributed by atoms with van der Waals surface area (Å²) < 4.78 is 18.7. The normalized spacial score (nSPS) is 17.2. The molecule has 0 aromatic heterocycles. The van der Waals surface area contributed by atoms with Gasteiger partial charge in [0.1, 0.15) is 23.2 Å². The van der Waals surface area contributed by atoms with Gasteiger partial charge in [-0.1, -0.05) is 61.3 Å². The molecule has 0 saturated heterocycles. The van der Waals surface area contributed by atoms with Gasteiger partial charge in [-0.15, -0.1) is 0 Å². The van der Waals surface area contributed by atoms with Gasteiger partial charge in [0, 0.05) is 36.9 Å². The average molecular weight is 702 g/mol. The van der Waals surface area contributed by atoms with Crippen LogP contribution in [0.4, 0.5) is 5.69 Å². The van der Waals surface area contributed by atoms with Crippen LogP contribution in [0.1, 0.15) is 39.7 Å². The van der Waals surface area contributed by atoms with E-state index in [4.69, 9.17) is 30.8 Å². The molecule has 244 valence electrons. The van der Waals surface area contributed by atoms with Crippen molar-refractivity contribution in [2.45, 2.75) is 52.6 Å². The molecule has 0 radical (unpaired) electrons. The van der Waals surface area contributed by atoms with Crippen molar-refractivity contribution in [2.24, 2.45) is 16.8 Å². The number of amidine groups is 1. The van der Waals surface area contributed by atoms with E-state index in [1.54, 1.807) is 25.2 Å². The maximum Gasteiger partial charge on any atom is 0.214 e. The van der Waals surface area contributed by atoms with Crippen LogP contribution >= 0.6 is 27.5 Å². The number of carbonyl (C=O) groups excluding carboxylic acids is 1. The first-order chi connectivity index (χ1) is 21.6. The zero-order chi connectivity index (χ0) is 32.5. The average Bonchev–Trinajstić information content (AvgIpc) is 3.34. The van der Waals surface area contributed by atoms with Crippen LogP contribution in [0.3, 0.4) is 0 Å². The Labute approximate surface area is 281 Å². The molecule has 0 fully saturated rings. The number of anilines is 1. The number of carbonyl (C=O) groups is 1. The molecule has 0 N–H and O–H groups in total. The largest absolute Gasteiger partial charge is 0.496 e. The fraction of sp³-hybridized carbons (Fsp3) is 0.486. The number of hydrogen-bond acceptors (Lipinski definition) is 7. The summed E-state index contributed by atoms with van der Waals surface area (Å²) in [6.07, 6.45) is 10.8. The Bertz CT molecular complexity index is 1400. The van der Waals surface area contributed by atoms with Crippen LogP contribution in [0, 0.1) is 11.8 Å². The molecule has 2 atom stereocenters. The highest BCUT2D eigenvalue weighted by molar-refractivity contribution is 9.10. The smallest absolute Gasteiger partial charge is 0.214 e. The molecule has 8 nitrogen and oxygen atoms in total. The zero-order valence-electron chi connectivity index (χ0n) is 27.2. The highest BCUT2D eigenvalue weighted by atomic mass is 79.9. The number of fused-ring (bicyclic) bond motifs is 1. The second-order valence-electron chi connectivity index (χ2n) is 12.3. The van der Waals surface area contributed by atoms with Crippen LogP contribution in [0.15, 0.2) is 64.2 Å². The third kappa shape index (κ3) is 9.05. The molecular formula is C35H46BrClN4O4. The van der Waals surface area contributed by atoms with E-state index in [1.165, 1.54) is 0 Å². The monoisotopic (exact) mass is 700 g/mol. The van der Waals surface area contributed by atoms with Gasteiger partial charge in [0.05, 0.1) is 32.0 Å². The van der Waals surface area contributed by atoms with E-state index < -0.39 is 0 Å². The summed E-state index contributed by atoms with van der Waals surface area (Å²) in [4.78, 5) is 23.5. The van der Waals surface area contributed by atoms with Crippen molar-refractivity contribution in [1.82, 2.24) is 9.80 Å². The lowest BCUT2D eigenvalue weighted by Crippen LogP contribution is -2.45. The Morgan fingerprint density at radius 1 is 1.04 bits per heavy atom. The minimum absolute atomic E-state index is 0.0402. The minimum Gasteiger partial charge on any atom is -0.496 e. The van der Waals surface area contributed by atoms with Crippen molar-refractivity contribution in [3.63, 3.8) is 0 Å². The molecule has 0 saturated carbocycles. The van der Waals surface area contributed by atoms with Crippen molar-refractivity contribution in [2.75, 3.05) is 51.9 Å². The van der Waals surface area contributed by atoms with Crippen molar-refractivity contribution in [1.29, 1.82) is 0 Å². The first kappa shape index (κ1) is 34.9. The van der Waals surface area contributed by atoms with E-state index in [9.17, 15) is 4.79 Å². The van der Waals surface area contributed by atoms with Crippen molar-refractivity contribution in [3.8, 4) is 17.2 Å². The Kier molecular flexibility index (Phi) is 12.8. The maximum atomic E-state index is 12.0.